The number of hydrogen-bond acceptors (Lipinski definition) is 2. The zero-order valence-electron chi connectivity index (χ0n) is 11.4. The molecule has 0 aliphatic rings. The van der Waals surface area contributed by atoms with Gasteiger partial charge in [-0.25, -0.2) is 0 Å². The molecule has 0 bridgehead atoms. The molecule has 2 aromatic rings. The van der Waals surface area contributed by atoms with Gasteiger partial charge in [-0.1, -0.05) is 0 Å². The fraction of sp³-hybridized carbons (Fsp3) is 0.400. The molecular formula is C15H20N2O. The average Bonchev–Trinajstić information content (AvgIpc) is 2.69. The zero-order valence-corrected chi connectivity index (χ0v) is 11.4. The minimum absolute atomic E-state index is 0.0332. The third kappa shape index (κ3) is 2.06. The van der Waals surface area contributed by atoms with Crippen molar-refractivity contribution in [1.82, 2.24) is 4.98 Å². The first-order chi connectivity index (χ1) is 8.41. The van der Waals surface area contributed by atoms with Gasteiger partial charge >= 0.3 is 0 Å². The Morgan fingerprint density at radius 2 is 2.00 bits per heavy atom. The molecular weight excluding hydrogens is 224 g/mol. The molecule has 0 spiro atoms. The molecule has 0 amide bonds. The van der Waals surface area contributed by atoms with Crippen molar-refractivity contribution in [2.45, 2.75) is 40.2 Å². The maximum absolute atomic E-state index is 11.3. The molecule has 0 saturated carbocycles. The minimum atomic E-state index is -0.412. The van der Waals surface area contributed by atoms with Crippen molar-refractivity contribution in [2.75, 3.05) is 0 Å². The highest BCUT2D eigenvalue weighted by Crippen LogP contribution is 2.27. The Hall–Kier alpha value is -1.61. The molecule has 96 valence electrons. The van der Waals surface area contributed by atoms with Gasteiger partial charge in [0.25, 0.3) is 0 Å². The van der Waals surface area contributed by atoms with E-state index in [0.717, 1.165) is 11.1 Å². The van der Waals surface area contributed by atoms with Crippen LogP contribution in [0.3, 0.4) is 0 Å². The van der Waals surface area contributed by atoms with Crippen LogP contribution in [0.1, 0.15) is 29.2 Å². The molecule has 3 heteroatoms. The van der Waals surface area contributed by atoms with Gasteiger partial charge in [-0.2, -0.15) is 0 Å². The first kappa shape index (κ1) is 12.8. The number of nitrogens with two attached hydrogens (primary N) is 1. The van der Waals surface area contributed by atoms with E-state index < -0.39 is 6.04 Å². The Morgan fingerprint density at radius 3 is 2.61 bits per heavy atom. The van der Waals surface area contributed by atoms with Crippen LogP contribution in [0.25, 0.3) is 10.9 Å². The predicted octanol–water partition coefficient (Wildman–Crippen LogP) is 2.55. The number of Topliss-reactive ketones (excluding diaryl/α,β-unsaturated/α-hetero) is 1. The molecule has 0 aliphatic heterocycles. The standard InChI is InChI=1S/C15H20N2O/c1-8-5-14-15(10(3)9(8)2)12(7-17-14)6-13(16)11(4)18/h5,7,13,17H,6,16H2,1-4H3/t13-/m0/s1. The summed E-state index contributed by atoms with van der Waals surface area (Å²) < 4.78 is 0. The lowest BCUT2D eigenvalue weighted by Gasteiger charge is -2.10. The molecule has 1 heterocycles. The number of fused-ring (bicyclic) bond motifs is 1. The Balaban J connectivity index is 2.54. The second-order valence-electron chi connectivity index (χ2n) is 5.10. The van der Waals surface area contributed by atoms with Gasteiger partial charge in [-0.3, -0.25) is 4.79 Å². The number of H-pyrrole nitrogens is 1. The number of carbonyl (C=O) groups is 1. The summed E-state index contributed by atoms with van der Waals surface area (Å²) in [6.07, 6.45) is 2.57. The van der Waals surface area contributed by atoms with Crippen LogP contribution in [0.2, 0.25) is 0 Å². The number of carbonyl (C=O) groups excluding carboxylic acids is 1. The molecule has 3 N–H and O–H groups in total. The number of aromatic amines is 1. The van der Waals surface area contributed by atoms with Gasteiger partial charge in [-0.05, 0) is 62.4 Å². The van der Waals surface area contributed by atoms with Gasteiger partial charge < -0.3 is 10.7 Å². The van der Waals surface area contributed by atoms with Crippen LogP contribution in [-0.2, 0) is 11.2 Å². The normalized spacial score (nSPS) is 12.9. The lowest BCUT2D eigenvalue weighted by atomic mass is 9.95. The van der Waals surface area contributed by atoms with Gasteiger partial charge in [0, 0.05) is 17.1 Å². The highest BCUT2D eigenvalue weighted by Gasteiger charge is 2.15. The van der Waals surface area contributed by atoms with Gasteiger partial charge in [0.15, 0.2) is 0 Å². The largest absolute Gasteiger partial charge is 0.361 e. The molecule has 0 saturated heterocycles. The highest BCUT2D eigenvalue weighted by atomic mass is 16.1. The summed E-state index contributed by atoms with van der Waals surface area (Å²) in [6.45, 7) is 7.92. The molecule has 1 aromatic heterocycles. The van der Waals surface area contributed by atoms with Crippen LogP contribution in [0.5, 0.6) is 0 Å². The maximum Gasteiger partial charge on any atom is 0.146 e. The van der Waals surface area contributed by atoms with Crippen LogP contribution in [-0.4, -0.2) is 16.8 Å². The average molecular weight is 244 g/mol. The van der Waals surface area contributed by atoms with E-state index in [-0.39, 0.29) is 5.78 Å². The molecule has 18 heavy (non-hydrogen) atoms. The Morgan fingerprint density at radius 1 is 1.33 bits per heavy atom. The van der Waals surface area contributed by atoms with Gasteiger partial charge in [0.05, 0.1) is 6.04 Å². The van der Waals surface area contributed by atoms with Gasteiger partial charge in [0.2, 0.25) is 0 Å². The maximum atomic E-state index is 11.3. The molecule has 1 aromatic carbocycles. The van der Waals surface area contributed by atoms with E-state index in [1.54, 1.807) is 6.92 Å². The third-order valence-electron chi connectivity index (χ3n) is 3.84. The number of ketones is 1. The smallest absolute Gasteiger partial charge is 0.146 e. The SMILES string of the molecule is CC(=O)[C@@H](N)Cc1c[nH]c2cc(C)c(C)c(C)c12. The topological polar surface area (TPSA) is 58.9 Å². The second kappa shape index (κ2) is 4.58. The lowest BCUT2D eigenvalue weighted by Crippen LogP contribution is -2.30. The summed E-state index contributed by atoms with van der Waals surface area (Å²) >= 11 is 0. The summed E-state index contributed by atoms with van der Waals surface area (Å²) in [7, 11) is 0. The van der Waals surface area contributed by atoms with Crippen LogP contribution in [0, 0.1) is 20.8 Å². The van der Waals surface area contributed by atoms with Crippen molar-refractivity contribution >= 4 is 16.7 Å². The number of benzene rings is 1. The number of hydrogen-bond donors (Lipinski definition) is 2. The van der Waals surface area contributed by atoms with Crippen molar-refractivity contribution < 1.29 is 4.79 Å². The molecule has 1 atom stereocenters. The molecule has 0 aliphatic carbocycles. The van der Waals surface area contributed by atoms with E-state index >= 15 is 0 Å². The fourth-order valence-electron chi connectivity index (χ4n) is 2.39. The summed E-state index contributed by atoms with van der Waals surface area (Å²) in [4.78, 5) is 14.6. The molecule has 0 radical (unpaired) electrons. The van der Waals surface area contributed by atoms with E-state index in [1.165, 1.54) is 22.1 Å². The Labute approximate surface area is 107 Å². The van der Waals surface area contributed by atoms with Crippen LogP contribution in [0.15, 0.2) is 12.3 Å². The fourth-order valence-corrected chi connectivity index (χ4v) is 2.39. The van der Waals surface area contributed by atoms with Gasteiger partial charge in [0.1, 0.15) is 5.78 Å². The third-order valence-corrected chi connectivity index (χ3v) is 3.84. The van der Waals surface area contributed by atoms with Gasteiger partial charge in [-0.15, -0.1) is 0 Å². The van der Waals surface area contributed by atoms with Crippen molar-refractivity contribution in [1.29, 1.82) is 0 Å². The predicted molar refractivity (Wildman–Crippen MR) is 74.9 cm³/mol. The lowest BCUT2D eigenvalue weighted by molar-refractivity contribution is -0.118. The number of nitrogens with one attached hydrogen (secondary N) is 1. The Kier molecular flexibility index (Phi) is 3.26. The number of aromatic nitrogens is 1. The van der Waals surface area contributed by atoms with E-state index in [9.17, 15) is 4.79 Å². The van der Waals surface area contributed by atoms with E-state index in [2.05, 4.69) is 31.8 Å². The minimum Gasteiger partial charge on any atom is -0.361 e. The summed E-state index contributed by atoms with van der Waals surface area (Å²) in [5, 5.41) is 1.22. The van der Waals surface area contributed by atoms with E-state index in [0.29, 0.717) is 6.42 Å². The summed E-state index contributed by atoms with van der Waals surface area (Å²) in [5.74, 6) is 0.0332. The quantitative estimate of drug-likeness (QED) is 0.871. The first-order valence-corrected chi connectivity index (χ1v) is 6.24. The van der Waals surface area contributed by atoms with E-state index in [1.807, 2.05) is 6.20 Å². The number of rotatable bonds is 3. The Bertz CT molecular complexity index is 610. The molecule has 0 fully saturated rings. The van der Waals surface area contributed by atoms with Crippen LogP contribution < -0.4 is 5.73 Å². The van der Waals surface area contributed by atoms with Crippen LogP contribution >= 0.6 is 0 Å². The summed E-state index contributed by atoms with van der Waals surface area (Å²) in [6, 6.07) is 1.74. The monoisotopic (exact) mass is 244 g/mol. The molecule has 2 rings (SSSR count). The van der Waals surface area contributed by atoms with Crippen molar-refractivity contribution in [3.8, 4) is 0 Å². The zero-order chi connectivity index (χ0) is 13.4. The number of aryl methyl sites for hydroxylation is 2. The molecule has 3 nitrogen and oxygen atoms in total. The highest BCUT2D eigenvalue weighted by molar-refractivity contribution is 5.89. The first-order valence-electron chi connectivity index (χ1n) is 6.24. The van der Waals surface area contributed by atoms with Crippen molar-refractivity contribution in [3.05, 3.63) is 34.5 Å². The van der Waals surface area contributed by atoms with E-state index in [4.69, 9.17) is 5.73 Å². The molecule has 0 unspecified atom stereocenters. The second-order valence-corrected chi connectivity index (χ2v) is 5.10. The van der Waals surface area contributed by atoms with Crippen LogP contribution in [0.4, 0.5) is 0 Å². The summed E-state index contributed by atoms with van der Waals surface area (Å²) in [5.41, 5.74) is 12.0. The van der Waals surface area contributed by atoms with Crippen molar-refractivity contribution in [2.24, 2.45) is 5.73 Å². The van der Waals surface area contributed by atoms with Crippen molar-refractivity contribution in [3.63, 3.8) is 0 Å².